The summed E-state index contributed by atoms with van der Waals surface area (Å²) in [5.74, 6) is 1.77. The van der Waals surface area contributed by atoms with Crippen LogP contribution in [0.1, 0.15) is 31.7 Å². The predicted octanol–water partition coefficient (Wildman–Crippen LogP) is 2.19. The number of ether oxygens (including phenoxy) is 1. The van der Waals surface area contributed by atoms with Crippen molar-refractivity contribution in [3.8, 4) is 0 Å². The molecule has 1 N–H and O–H groups in total. The Morgan fingerprint density at radius 1 is 1.40 bits per heavy atom. The Hall–Kier alpha value is -1.13. The van der Waals surface area contributed by atoms with Gasteiger partial charge in [0, 0.05) is 44.5 Å². The number of piperidine rings is 1. The quantitative estimate of drug-likeness (QED) is 0.894. The first kappa shape index (κ1) is 13.8. The molecule has 0 amide bonds. The second-order valence-corrected chi connectivity index (χ2v) is 6.13. The van der Waals surface area contributed by atoms with E-state index in [1.54, 1.807) is 0 Å². The zero-order valence-corrected chi connectivity index (χ0v) is 12.5. The molecule has 1 saturated carbocycles. The van der Waals surface area contributed by atoms with Gasteiger partial charge in [-0.25, -0.2) is 4.98 Å². The van der Waals surface area contributed by atoms with Crippen molar-refractivity contribution in [1.82, 2.24) is 10.3 Å². The summed E-state index contributed by atoms with van der Waals surface area (Å²) in [5, 5.41) is 3.59. The number of hydrogen-bond acceptors (Lipinski definition) is 4. The van der Waals surface area contributed by atoms with Crippen molar-refractivity contribution in [2.24, 2.45) is 5.92 Å². The lowest BCUT2D eigenvalue weighted by Crippen LogP contribution is -2.44. The number of aromatic nitrogens is 1. The molecule has 0 bridgehead atoms. The number of methoxy groups -OCH3 is 1. The molecule has 1 aromatic heterocycles. The average Bonchev–Trinajstić information content (AvgIpc) is 3.30. The van der Waals surface area contributed by atoms with Crippen LogP contribution in [0.3, 0.4) is 0 Å². The number of nitrogens with one attached hydrogen (secondary N) is 1. The number of nitrogens with zero attached hydrogens (tertiary/aromatic N) is 2. The highest BCUT2D eigenvalue weighted by Crippen LogP contribution is 2.26. The first-order valence-electron chi connectivity index (χ1n) is 7.73. The first-order valence-corrected chi connectivity index (χ1v) is 7.73. The minimum Gasteiger partial charge on any atom is -0.379 e. The number of hydrogen-bond donors (Lipinski definition) is 1. The molecule has 1 aliphatic carbocycles. The molecule has 4 nitrogen and oxygen atoms in total. The van der Waals surface area contributed by atoms with Gasteiger partial charge in [-0.15, -0.1) is 0 Å². The van der Waals surface area contributed by atoms with Gasteiger partial charge >= 0.3 is 0 Å². The summed E-state index contributed by atoms with van der Waals surface area (Å²) in [5.41, 5.74) is 1.31. The summed E-state index contributed by atoms with van der Waals surface area (Å²) < 4.78 is 5.62. The van der Waals surface area contributed by atoms with Gasteiger partial charge in [0.1, 0.15) is 5.82 Å². The molecule has 0 radical (unpaired) electrons. The van der Waals surface area contributed by atoms with Crippen LogP contribution in [0.2, 0.25) is 0 Å². The average molecular weight is 275 g/mol. The molecule has 2 fully saturated rings. The molecule has 3 rings (SSSR count). The molecule has 0 aromatic carbocycles. The van der Waals surface area contributed by atoms with Crippen molar-refractivity contribution in [3.05, 3.63) is 23.9 Å². The van der Waals surface area contributed by atoms with E-state index in [4.69, 9.17) is 4.74 Å². The highest BCUT2D eigenvalue weighted by molar-refractivity contribution is 5.47. The zero-order valence-electron chi connectivity index (χ0n) is 12.5. The molecule has 0 spiro atoms. The lowest BCUT2D eigenvalue weighted by Gasteiger charge is -2.37. The lowest BCUT2D eigenvalue weighted by atomic mass is 9.95. The smallest absolute Gasteiger partial charge is 0.133 e. The van der Waals surface area contributed by atoms with E-state index in [1.807, 2.05) is 19.4 Å². The predicted molar refractivity (Wildman–Crippen MR) is 80.9 cm³/mol. The molecule has 110 valence electrons. The summed E-state index contributed by atoms with van der Waals surface area (Å²) in [6.07, 6.45) is 6.03. The summed E-state index contributed by atoms with van der Waals surface area (Å²) in [6, 6.07) is 4.96. The molecular formula is C16H25N3O. The Balaban J connectivity index is 1.71. The lowest BCUT2D eigenvalue weighted by molar-refractivity contribution is 0.0496. The van der Waals surface area contributed by atoms with Gasteiger partial charge in [0.05, 0.1) is 6.10 Å². The van der Waals surface area contributed by atoms with E-state index in [0.717, 1.165) is 31.5 Å². The van der Waals surface area contributed by atoms with Crippen LogP contribution in [0, 0.1) is 5.92 Å². The van der Waals surface area contributed by atoms with E-state index >= 15 is 0 Å². The van der Waals surface area contributed by atoms with E-state index in [-0.39, 0.29) is 0 Å². The first-order chi connectivity index (χ1) is 9.78. The highest BCUT2D eigenvalue weighted by atomic mass is 16.5. The van der Waals surface area contributed by atoms with Crippen LogP contribution in [0.25, 0.3) is 0 Å². The fourth-order valence-electron chi connectivity index (χ4n) is 2.93. The van der Waals surface area contributed by atoms with Crippen LogP contribution in [0.5, 0.6) is 0 Å². The van der Waals surface area contributed by atoms with Crippen molar-refractivity contribution in [1.29, 1.82) is 0 Å². The fourth-order valence-corrected chi connectivity index (χ4v) is 2.93. The maximum absolute atomic E-state index is 5.62. The van der Waals surface area contributed by atoms with Gasteiger partial charge < -0.3 is 15.0 Å². The fraction of sp³-hybridized carbons (Fsp3) is 0.688. The van der Waals surface area contributed by atoms with Gasteiger partial charge in [0.25, 0.3) is 0 Å². The number of pyridine rings is 1. The molecule has 2 heterocycles. The maximum Gasteiger partial charge on any atom is 0.133 e. The Kier molecular flexibility index (Phi) is 4.22. The van der Waals surface area contributed by atoms with Gasteiger partial charge in [-0.05, 0) is 31.2 Å². The molecule has 20 heavy (non-hydrogen) atoms. The molecule has 1 aliphatic heterocycles. The number of anilines is 1. The van der Waals surface area contributed by atoms with Crippen molar-refractivity contribution < 1.29 is 4.74 Å². The molecule has 2 aliphatic rings. The number of rotatable bonds is 5. The third-order valence-electron chi connectivity index (χ3n) is 4.52. The normalized spacial score (nSPS) is 26.8. The van der Waals surface area contributed by atoms with Crippen LogP contribution >= 0.6 is 0 Å². The Labute approximate surface area is 121 Å². The zero-order chi connectivity index (χ0) is 13.9. The van der Waals surface area contributed by atoms with Crippen molar-refractivity contribution in [2.45, 2.75) is 44.9 Å². The van der Waals surface area contributed by atoms with Crippen molar-refractivity contribution in [2.75, 3.05) is 25.1 Å². The second-order valence-electron chi connectivity index (χ2n) is 6.13. The Bertz CT molecular complexity index is 447. The molecule has 4 heteroatoms. The van der Waals surface area contributed by atoms with Gasteiger partial charge in [-0.2, -0.15) is 0 Å². The molecular weight excluding hydrogens is 250 g/mol. The molecule has 1 saturated heterocycles. The van der Waals surface area contributed by atoms with E-state index in [1.165, 1.54) is 24.8 Å². The van der Waals surface area contributed by atoms with Crippen LogP contribution < -0.4 is 10.2 Å². The SMILES string of the molecule is COC1CN(c2ncccc2CNC2CC2)CCC1C. The Morgan fingerprint density at radius 2 is 2.25 bits per heavy atom. The third-order valence-corrected chi connectivity index (χ3v) is 4.52. The summed E-state index contributed by atoms with van der Waals surface area (Å²) in [4.78, 5) is 7.01. The minimum absolute atomic E-state index is 0.315. The highest BCUT2D eigenvalue weighted by Gasteiger charge is 2.28. The van der Waals surface area contributed by atoms with Gasteiger partial charge in [-0.3, -0.25) is 0 Å². The van der Waals surface area contributed by atoms with Crippen LogP contribution in [0.4, 0.5) is 5.82 Å². The standard InChI is InChI=1S/C16H25N3O/c1-12-7-9-19(11-15(12)20-2)16-13(4-3-8-17-16)10-18-14-5-6-14/h3-4,8,12,14-15,18H,5-7,9-11H2,1-2H3. The van der Waals surface area contributed by atoms with Gasteiger partial charge in [-0.1, -0.05) is 13.0 Å². The minimum atomic E-state index is 0.315. The summed E-state index contributed by atoms with van der Waals surface area (Å²) >= 11 is 0. The monoisotopic (exact) mass is 275 g/mol. The van der Waals surface area contributed by atoms with E-state index in [9.17, 15) is 0 Å². The van der Waals surface area contributed by atoms with Gasteiger partial charge in [0.2, 0.25) is 0 Å². The molecule has 2 unspecified atom stereocenters. The summed E-state index contributed by atoms with van der Waals surface area (Å²) in [7, 11) is 1.82. The van der Waals surface area contributed by atoms with E-state index < -0.39 is 0 Å². The molecule has 1 aromatic rings. The Morgan fingerprint density at radius 3 is 3.00 bits per heavy atom. The topological polar surface area (TPSA) is 37.4 Å². The van der Waals surface area contributed by atoms with Crippen LogP contribution in [-0.2, 0) is 11.3 Å². The third kappa shape index (κ3) is 3.13. The van der Waals surface area contributed by atoms with Gasteiger partial charge in [0.15, 0.2) is 0 Å². The maximum atomic E-state index is 5.62. The van der Waals surface area contributed by atoms with Crippen molar-refractivity contribution in [3.63, 3.8) is 0 Å². The van der Waals surface area contributed by atoms with Crippen molar-refractivity contribution >= 4 is 5.82 Å². The molecule has 2 atom stereocenters. The van der Waals surface area contributed by atoms with Crippen LogP contribution in [-0.4, -0.2) is 37.3 Å². The largest absolute Gasteiger partial charge is 0.379 e. The van der Waals surface area contributed by atoms with E-state index in [2.05, 4.69) is 28.2 Å². The second kappa shape index (κ2) is 6.10. The summed E-state index contributed by atoms with van der Waals surface area (Å²) in [6.45, 7) is 5.23. The van der Waals surface area contributed by atoms with E-state index in [0.29, 0.717) is 12.0 Å². The van der Waals surface area contributed by atoms with Crippen LogP contribution in [0.15, 0.2) is 18.3 Å².